The number of pyridine rings is 1. The highest BCUT2D eigenvalue weighted by Gasteiger charge is 2.26. The van der Waals surface area contributed by atoms with Crippen LogP contribution in [0.2, 0.25) is 5.02 Å². The van der Waals surface area contributed by atoms with Crippen molar-refractivity contribution in [1.82, 2.24) is 24.5 Å². The van der Waals surface area contributed by atoms with Crippen LogP contribution < -0.4 is 0 Å². The second-order valence-corrected chi connectivity index (χ2v) is 8.02. The van der Waals surface area contributed by atoms with E-state index in [1.54, 1.807) is 12.4 Å². The van der Waals surface area contributed by atoms with Crippen LogP contribution in [0.4, 0.5) is 0 Å². The summed E-state index contributed by atoms with van der Waals surface area (Å²) >= 11 is 6.33. The number of fused-ring (bicyclic) bond motifs is 3. The van der Waals surface area contributed by atoms with E-state index in [2.05, 4.69) is 26.4 Å². The van der Waals surface area contributed by atoms with E-state index in [1.807, 2.05) is 24.4 Å². The molecule has 5 rings (SSSR count). The Morgan fingerprint density at radius 2 is 2.14 bits per heavy atom. The van der Waals surface area contributed by atoms with Gasteiger partial charge in [-0.05, 0) is 44.9 Å². The number of hydrogen-bond acceptors (Lipinski definition) is 5. The van der Waals surface area contributed by atoms with Crippen LogP contribution in [-0.2, 0) is 11.2 Å². The number of aryl methyl sites for hydroxylation is 1. The number of halogens is 1. The van der Waals surface area contributed by atoms with Gasteiger partial charge in [-0.25, -0.2) is 4.98 Å². The molecule has 0 unspecified atom stereocenters. The molecular weight excluding hydrogens is 386 g/mol. The molecule has 0 amide bonds. The van der Waals surface area contributed by atoms with E-state index < -0.39 is 0 Å². The van der Waals surface area contributed by atoms with Gasteiger partial charge >= 0.3 is 0 Å². The molecule has 1 aliphatic heterocycles. The van der Waals surface area contributed by atoms with Gasteiger partial charge in [-0.1, -0.05) is 11.6 Å². The molecule has 6 nitrogen and oxygen atoms in total. The lowest BCUT2D eigenvalue weighted by Crippen LogP contribution is -2.26. The minimum atomic E-state index is 0.129. The number of benzene rings is 1. The lowest BCUT2D eigenvalue weighted by atomic mass is 10.0. The minimum absolute atomic E-state index is 0.129. The third kappa shape index (κ3) is 3.47. The summed E-state index contributed by atoms with van der Waals surface area (Å²) in [6.45, 7) is 2.98. The first-order valence-electron chi connectivity index (χ1n) is 10.5. The zero-order valence-corrected chi connectivity index (χ0v) is 16.9. The second kappa shape index (κ2) is 7.35. The summed E-state index contributed by atoms with van der Waals surface area (Å²) in [5.74, 6) is 0.936. The maximum Gasteiger partial charge on any atom is 0.116 e. The van der Waals surface area contributed by atoms with Crippen molar-refractivity contribution in [3.63, 3.8) is 0 Å². The van der Waals surface area contributed by atoms with Crippen molar-refractivity contribution in [1.29, 1.82) is 0 Å². The molecule has 1 saturated heterocycles. The number of rotatable bonds is 3. The molecular formula is C22H22ClN5O. The first kappa shape index (κ1) is 17.3. The number of hydrogen-bond donors (Lipinski definition) is 0. The van der Waals surface area contributed by atoms with Gasteiger partial charge in [0.25, 0.3) is 0 Å². The van der Waals surface area contributed by atoms with Gasteiger partial charge in [-0.2, -0.15) is 0 Å². The van der Waals surface area contributed by atoms with Crippen molar-refractivity contribution < 1.29 is 6.11 Å². The highest BCUT2D eigenvalue weighted by Crippen LogP contribution is 2.34. The molecule has 148 valence electrons. The predicted octanol–water partition coefficient (Wildman–Crippen LogP) is 4.67. The second-order valence-electron chi connectivity index (χ2n) is 7.59. The molecule has 1 aromatic carbocycles. The molecule has 0 bridgehead atoms. The molecule has 1 aliphatic rings. The number of ether oxygens (including phenoxy) is 1. The zero-order valence-electron chi connectivity index (χ0n) is 17.2. The largest absolute Gasteiger partial charge is 0.378 e. The Labute approximate surface area is 175 Å². The van der Waals surface area contributed by atoms with E-state index in [0.717, 1.165) is 52.9 Å². The normalized spacial score (nSPS) is 20.3. The van der Waals surface area contributed by atoms with E-state index in [-0.39, 0.29) is 19.0 Å². The van der Waals surface area contributed by atoms with Crippen LogP contribution in [0.1, 0.15) is 44.4 Å². The first-order valence-corrected chi connectivity index (χ1v) is 10.2. The van der Waals surface area contributed by atoms with Crippen LogP contribution >= 0.6 is 11.6 Å². The third-order valence-electron chi connectivity index (χ3n) is 5.47. The Morgan fingerprint density at radius 3 is 2.93 bits per heavy atom. The summed E-state index contributed by atoms with van der Waals surface area (Å²) in [6, 6.07) is 6.06. The Bertz CT molecular complexity index is 1210. The molecule has 0 radical (unpaired) electrons. The molecule has 4 heterocycles. The van der Waals surface area contributed by atoms with Crippen LogP contribution in [0.15, 0.2) is 36.8 Å². The lowest BCUT2D eigenvalue weighted by molar-refractivity contribution is 0.00631. The zero-order chi connectivity index (χ0) is 20.7. The molecule has 7 heteroatoms. The van der Waals surface area contributed by atoms with Crippen molar-refractivity contribution in [3.8, 4) is 0 Å². The first-order chi connectivity index (χ1) is 14.6. The van der Waals surface area contributed by atoms with Gasteiger partial charge in [-0.3, -0.25) is 15.0 Å². The van der Waals surface area contributed by atoms with E-state index in [1.165, 1.54) is 0 Å². The highest BCUT2D eigenvalue weighted by molar-refractivity contribution is 6.31. The van der Waals surface area contributed by atoms with Crippen LogP contribution in [0.3, 0.4) is 0 Å². The van der Waals surface area contributed by atoms with E-state index in [0.29, 0.717) is 17.1 Å². The van der Waals surface area contributed by atoms with Crippen molar-refractivity contribution in [3.05, 3.63) is 59.0 Å². The van der Waals surface area contributed by atoms with Crippen LogP contribution in [0, 0.1) is 6.90 Å². The van der Waals surface area contributed by atoms with E-state index >= 15 is 0 Å². The fraction of sp³-hybridized carbons (Fsp3) is 0.364. The number of nitrogens with zero attached hydrogens (tertiary/aromatic N) is 5. The fourth-order valence-corrected chi connectivity index (χ4v) is 4.33. The quantitative estimate of drug-likeness (QED) is 0.493. The van der Waals surface area contributed by atoms with Crippen molar-refractivity contribution in [2.75, 3.05) is 6.61 Å². The van der Waals surface area contributed by atoms with E-state index in [9.17, 15) is 0 Å². The number of imidazole rings is 1. The molecule has 0 N–H and O–H groups in total. The predicted molar refractivity (Wildman–Crippen MR) is 113 cm³/mol. The standard InChI is InChI=1S/C22H22ClN5O/c1-13-10-25-16(11-24-13)9-21-27-20-12-26-19-4-3-15(23)8-18(19)22(20)28(21)17-5-6-29-14(2)7-17/h3-4,8,10-12,14,17H,5-7,9H2,1-2H3/t14-,17-/m1/s1/i1D. The molecule has 3 aromatic heterocycles. The molecule has 0 saturated carbocycles. The monoisotopic (exact) mass is 408 g/mol. The Balaban J connectivity index is 1.69. The van der Waals surface area contributed by atoms with Gasteiger partial charge in [0.05, 0.1) is 34.7 Å². The summed E-state index contributed by atoms with van der Waals surface area (Å²) in [7, 11) is 0. The smallest absolute Gasteiger partial charge is 0.116 e. The van der Waals surface area contributed by atoms with Crippen LogP contribution in [-0.4, -0.2) is 37.2 Å². The topological polar surface area (TPSA) is 65.7 Å². The molecule has 0 aliphatic carbocycles. The third-order valence-corrected chi connectivity index (χ3v) is 5.71. The molecule has 29 heavy (non-hydrogen) atoms. The molecule has 2 atom stereocenters. The maximum atomic E-state index is 7.44. The van der Waals surface area contributed by atoms with Crippen molar-refractivity contribution in [2.45, 2.75) is 45.2 Å². The minimum Gasteiger partial charge on any atom is -0.378 e. The summed E-state index contributed by atoms with van der Waals surface area (Å²) in [6.07, 6.45) is 7.86. The highest BCUT2D eigenvalue weighted by atomic mass is 35.5. The van der Waals surface area contributed by atoms with Crippen molar-refractivity contribution >= 4 is 33.5 Å². The fourth-order valence-electron chi connectivity index (χ4n) is 4.16. The van der Waals surface area contributed by atoms with Gasteiger partial charge in [0.15, 0.2) is 0 Å². The lowest BCUT2D eigenvalue weighted by Gasteiger charge is -2.30. The SMILES string of the molecule is [2H]Cc1cnc(Cc2nc3cnc4ccc(Cl)cc4c3n2[C@@H]2CCO[C@H](C)C2)cn1. The van der Waals surface area contributed by atoms with Crippen LogP contribution in [0.25, 0.3) is 21.9 Å². The van der Waals surface area contributed by atoms with Crippen LogP contribution in [0.5, 0.6) is 0 Å². The van der Waals surface area contributed by atoms with Gasteiger partial charge in [0.1, 0.15) is 11.3 Å². The summed E-state index contributed by atoms with van der Waals surface area (Å²) in [4.78, 5) is 18.4. The number of aromatic nitrogens is 5. The van der Waals surface area contributed by atoms with Crippen molar-refractivity contribution in [2.24, 2.45) is 0 Å². The van der Waals surface area contributed by atoms with Gasteiger partial charge in [0.2, 0.25) is 0 Å². The Morgan fingerprint density at radius 1 is 1.21 bits per heavy atom. The molecule has 0 spiro atoms. The Kier molecular flexibility index (Phi) is 4.39. The summed E-state index contributed by atoms with van der Waals surface area (Å²) in [5.41, 5.74) is 4.32. The average molecular weight is 409 g/mol. The maximum absolute atomic E-state index is 7.44. The van der Waals surface area contributed by atoms with Gasteiger partial charge in [0, 0.05) is 43.2 Å². The molecule has 1 fully saturated rings. The average Bonchev–Trinajstić information content (AvgIpc) is 3.12. The van der Waals surface area contributed by atoms with Gasteiger partial charge < -0.3 is 9.30 Å². The molecule has 4 aromatic rings. The summed E-state index contributed by atoms with van der Waals surface area (Å²) in [5, 5.41) is 1.69. The summed E-state index contributed by atoms with van der Waals surface area (Å²) < 4.78 is 15.6. The van der Waals surface area contributed by atoms with E-state index in [4.69, 9.17) is 22.7 Å². The Hall–Kier alpha value is -2.57. The van der Waals surface area contributed by atoms with Gasteiger partial charge in [-0.15, -0.1) is 0 Å².